The van der Waals surface area contributed by atoms with Crippen LogP contribution >= 0.6 is 11.8 Å². The Hall–Kier alpha value is -1.74. The van der Waals surface area contributed by atoms with Crippen LogP contribution in [0.1, 0.15) is 23.2 Å². The molecule has 1 atom stereocenters. The standard InChI is InChI=1S/C16H18F3NO4S/c17-16(18,19)10-20-14(21)8-24-15(22)12-5-1-2-6-13(12)25-9-11-4-3-7-23-11/h1-2,5-6,11H,3-4,7-10H2,(H,20,21)/t11-/m0/s1. The highest BCUT2D eigenvalue weighted by atomic mass is 32.2. The molecule has 1 aromatic carbocycles. The molecule has 5 nitrogen and oxygen atoms in total. The molecule has 1 fully saturated rings. The molecular formula is C16H18F3NO4S. The van der Waals surface area contributed by atoms with Crippen molar-refractivity contribution in [3.63, 3.8) is 0 Å². The fourth-order valence-electron chi connectivity index (χ4n) is 2.18. The van der Waals surface area contributed by atoms with E-state index in [4.69, 9.17) is 9.47 Å². The molecule has 1 aliphatic rings. The maximum Gasteiger partial charge on any atom is 0.405 e. The van der Waals surface area contributed by atoms with Gasteiger partial charge in [-0.05, 0) is 25.0 Å². The molecule has 0 radical (unpaired) electrons. The van der Waals surface area contributed by atoms with Crippen LogP contribution in [0.4, 0.5) is 13.2 Å². The van der Waals surface area contributed by atoms with Crippen LogP contribution in [-0.4, -0.2) is 49.7 Å². The minimum absolute atomic E-state index is 0.141. The first-order valence-corrected chi connectivity index (χ1v) is 8.68. The van der Waals surface area contributed by atoms with Gasteiger partial charge in [-0.15, -0.1) is 11.8 Å². The van der Waals surface area contributed by atoms with Gasteiger partial charge in [0.25, 0.3) is 5.91 Å². The van der Waals surface area contributed by atoms with E-state index in [1.165, 1.54) is 11.8 Å². The predicted molar refractivity (Wildman–Crippen MR) is 85.5 cm³/mol. The van der Waals surface area contributed by atoms with Gasteiger partial charge in [-0.2, -0.15) is 13.2 Å². The summed E-state index contributed by atoms with van der Waals surface area (Å²) in [6.07, 6.45) is -2.38. The lowest BCUT2D eigenvalue weighted by molar-refractivity contribution is -0.140. The van der Waals surface area contributed by atoms with Crippen molar-refractivity contribution in [2.75, 3.05) is 25.5 Å². The molecule has 0 saturated carbocycles. The molecule has 1 aliphatic heterocycles. The number of amides is 1. The fourth-order valence-corrected chi connectivity index (χ4v) is 3.29. The number of esters is 1. The van der Waals surface area contributed by atoms with Gasteiger partial charge >= 0.3 is 12.1 Å². The first-order valence-electron chi connectivity index (χ1n) is 7.69. The molecule has 138 valence electrons. The van der Waals surface area contributed by atoms with E-state index < -0.39 is 31.2 Å². The number of benzene rings is 1. The smallest absolute Gasteiger partial charge is 0.405 e. The number of hydrogen-bond donors (Lipinski definition) is 1. The Balaban J connectivity index is 1.85. The number of alkyl halides is 3. The van der Waals surface area contributed by atoms with Gasteiger partial charge < -0.3 is 14.8 Å². The number of thioether (sulfide) groups is 1. The molecule has 0 aromatic heterocycles. The van der Waals surface area contributed by atoms with Crippen molar-refractivity contribution >= 4 is 23.6 Å². The Labute approximate surface area is 147 Å². The van der Waals surface area contributed by atoms with Gasteiger partial charge in [0.2, 0.25) is 0 Å². The van der Waals surface area contributed by atoms with E-state index in [-0.39, 0.29) is 11.7 Å². The molecule has 0 spiro atoms. The van der Waals surface area contributed by atoms with Gasteiger partial charge in [0, 0.05) is 17.3 Å². The third kappa shape index (κ3) is 6.95. The Morgan fingerprint density at radius 1 is 1.32 bits per heavy atom. The van der Waals surface area contributed by atoms with E-state index in [9.17, 15) is 22.8 Å². The summed E-state index contributed by atoms with van der Waals surface area (Å²) < 4.78 is 46.4. The van der Waals surface area contributed by atoms with Gasteiger partial charge in [-0.3, -0.25) is 4.79 Å². The normalized spacial score (nSPS) is 17.3. The second-order valence-corrected chi connectivity index (χ2v) is 6.47. The van der Waals surface area contributed by atoms with E-state index in [0.29, 0.717) is 10.6 Å². The number of ether oxygens (including phenoxy) is 2. The fraction of sp³-hybridized carbons (Fsp3) is 0.500. The summed E-state index contributed by atoms with van der Waals surface area (Å²) in [7, 11) is 0. The lowest BCUT2D eigenvalue weighted by Gasteiger charge is -2.12. The zero-order chi connectivity index (χ0) is 18.3. The topological polar surface area (TPSA) is 64.6 Å². The van der Waals surface area contributed by atoms with Crippen LogP contribution in [0.3, 0.4) is 0 Å². The lowest BCUT2D eigenvalue weighted by Crippen LogP contribution is -2.36. The minimum atomic E-state index is -4.51. The third-order valence-electron chi connectivity index (χ3n) is 3.38. The third-order valence-corrected chi connectivity index (χ3v) is 4.58. The molecule has 0 bridgehead atoms. The SMILES string of the molecule is O=C(COC(=O)c1ccccc1SC[C@@H]1CCCO1)NCC(F)(F)F. The summed E-state index contributed by atoms with van der Waals surface area (Å²) >= 11 is 1.45. The maximum absolute atomic E-state index is 12.1. The largest absolute Gasteiger partial charge is 0.452 e. The Bertz CT molecular complexity index is 603. The summed E-state index contributed by atoms with van der Waals surface area (Å²) in [6.45, 7) is -1.49. The van der Waals surface area contributed by atoms with Gasteiger partial charge in [-0.1, -0.05) is 12.1 Å². The van der Waals surface area contributed by atoms with Crippen LogP contribution in [0.5, 0.6) is 0 Å². The number of halogens is 3. The predicted octanol–water partition coefficient (Wildman–Crippen LogP) is 2.79. The van der Waals surface area contributed by atoms with Crippen molar-refractivity contribution < 1.29 is 32.2 Å². The Morgan fingerprint density at radius 3 is 2.76 bits per heavy atom. The number of nitrogens with one attached hydrogen (secondary N) is 1. The van der Waals surface area contributed by atoms with Gasteiger partial charge in [0.05, 0.1) is 11.7 Å². The van der Waals surface area contributed by atoms with E-state index in [0.717, 1.165) is 19.4 Å². The van der Waals surface area contributed by atoms with E-state index >= 15 is 0 Å². The summed E-state index contributed by atoms with van der Waals surface area (Å²) in [4.78, 5) is 24.1. The summed E-state index contributed by atoms with van der Waals surface area (Å²) in [5, 5.41) is 1.64. The van der Waals surface area contributed by atoms with E-state index in [2.05, 4.69) is 0 Å². The van der Waals surface area contributed by atoms with Gasteiger partial charge in [-0.25, -0.2) is 4.79 Å². The lowest BCUT2D eigenvalue weighted by atomic mass is 10.2. The highest BCUT2D eigenvalue weighted by molar-refractivity contribution is 7.99. The monoisotopic (exact) mass is 377 g/mol. The quantitative estimate of drug-likeness (QED) is 0.585. The highest BCUT2D eigenvalue weighted by Gasteiger charge is 2.28. The zero-order valence-corrected chi connectivity index (χ0v) is 14.1. The number of carbonyl (C=O) groups is 2. The second kappa shape index (κ2) is 9.10. The molecule has 1 N–H and O–H groups in total. The second-order valence-electron chi connectivity index (χ2n) is 5.41. The average molecular weight is 377 g/mol. The van der Waals surface area contributed by atoms with Crippen molar-refractivity contribution in [1.29, 1.82) is 0 Å². The number of hydrogen-bond acceptors (Lipinski definition) is 5. The van der Waals surface area contributed by atoms with Crippen molar-refractivity contribution in [1.82, 2.24) is 5.32 Å². The molecule has 0 unspecified atom stereocenters. The molecule has 1 heterocycles. The van der Waals surface area contributed by atoms with Crippen LogP contribution < -0.4 is 5.32 Å². The molecule has 0 aliphatic carbocycles. The van der Waals surface area contributed by atoms with Crippen LogP contribution in [0.25, 0.3) is 0 Å². The van der Waals surface area contributed by atoms with Crippen molar-refractivity contribution in [3.8, 4) is 0 Å². The molecular weight excluding hydrogens is 359 g/mol. The summed E-state index contributed by atoms with van der Waals surface area (Å²) in [6, 6.07) is 6.72. The van der Waals surface area contributed by atoms with E-state index in [1.807, 2.05) is 0 Å². The van der Waals surface area contributed by atoms with Gasteiger partial charge in [0.15, 0.2) is 6.61 Å². The first-order chi connectivity index (χ1) is 11.8. The molecule has 25 heavy (non-hydrogen) atoms. The highest BCUT2D eigenvalue weighted by Crippen LogP contribution is 2.27. The summed E-state index contributed by atoms with van der Waals surface area (Å²) in [5.41, 5.74) is 0.272. The van der Waals surface area contributed by atoms with Crippen molar-refractivity contribution in [2.45, 2.75) is 30.0 Å². The number of rotatable bonds is 7. The Kier molecular flexibility index (Phi) is 7.12. The molecule has 9 heteroatoms. The molecule has 2 rings (SSSR count). The van der Waals surface area contributed by atoms with Crippen molar-refractivity contribution in [2.24, 2.45) is 0 Å². The molecule has 1 amide bonds. The van der Waals surface area contributed by atoms with E-state index in [1.54, 1.807) is 29.6 Å². The Morgan fingerprint density at radius 2 is 2.08 bits per heavy atom. The van der Waals surface area contributed by atoms with Crippen LogP contribution in [0, 0.1) is 0 Å². The van der Waals surface area contributed by atoms with Crippen LogP contribution in [0.2, 0.25) is 0 Å². The van der Waals surface area contributed by atoms with Gasteiger partial charge in [0.1, 0.15) is 6.54 Å². The maximum atomic E-state index is 12.1. The van der Waals surface area contributed by atoms with Crippen LogP contribution in [0.15, 0.2) is 29.2 Å². The molecule has 1 aromatic rings. The zero-order valence-electron chi connectivity index (χ0n) is 13.3. The summed E-state index contributed by atoms with van der Waals surface area (Å²) in [5.74, 6) is -1.07. The van der Waals surface area contributed by atoms with Crippen molar-refractivity contribution in [3.05, 3.63) is 29.8 Å². The van der Waals surface area contributed by atoms with Crippen LogP contribution in [-0.2, 0) is 14.3 Å². The first kappa shape index (κ1) is 19.6. The average Bonchev–Trinajstić information content (AvgIpc) is 3.09. The molecule has 1 saturated heterocycles. The minimum Gasteiger partial charge on any atom is -0.452 e. The number of carbonyl (C=O) groups excluding carboxylic acids is 2.